The number of hydrogen-bond donors (Lipinski definition) is 1. The number of morpholine rings is 1. The lowest BCUT2D eigenvalue weighted by atomic mass is 10.2. The van der Waals surface area contributed by atoms with Crippen LogP contribution in [0.3, 0.4) is 0 Å². The molecule has 1 aromatic carbocycles. The van der Waals surface area contributed by atoms with Crippen LogP contribution in [0.15, 0.2) is 29.2 Å². The molecule has 1 fully saturated rings. The Balaban J connectivity index is 1.91. The molecule has 22 heavy (non-hydrogen) atoms. The standard InChI is InChI=1S/C15H22N2O4S/c1-12(11-17-7-9-21-10-8-17)16-15(18)13-3-5-14(6-4-13)22(2,19)20/h3-6,12H,7-11H2,1-2H3,(H,16,18)/t12-/m0/s1. The Kier molecular flexibility index (Phi) is 5.55. The van der Waals surface area contributed by atoms with E-state index in [0.717, 1.165) is 39.1 Å². The summed E-state index contributed by atoms with van der Waals surface area (Å²) in [5.74, 6) is -0.194. The molecule has 6 nitrogen and oxygen atoms in total. The third-order valence-electron chi connectivity index (χ3n) is 3.56. The van der Waals surface area contributed by atoms with E-state index in [0.29, 0.717) is 5.56 Å². The summed E-state index contributed by atoms with van der Waals surface area (Å²) in [6.07, 6.45) is 1.15. The van der Waals surface area contributed by atoms with E-state index in [9.17, 15) is 13.2 Å². The molecule has 1 N–H and O–H groups in total. The van der Waals surface area contributed by atoms with Crippen molar-refractivity contribution in [1.82, 2.24) is 10.2 Å². The predicted molar refractivity (Wildman–Crippen MR) is 83.7 cm³/mol. The fourth-order valence-electron chi connectivity index (χ4n) is 2.38. The summed E-state index contributed by atoms with van der Waals surface area (Å²) in [5, 5.41) is 2.93. The van der Waals surface area contributed by atoms with Gasteiger partial charge in [-0.05, 0) is 31.2 Å². The van der Waals surface area contributed by atoms with Crippen LogP contribution in [0.2, 0.25) is 0 Å². The molecule has 0 spiro atoms. The SMILES string of the molecule is C[C@@H](CN1CCOCC1)NC(=O)c1ccc(S(C)(=O)=O)cc1. The normalized spacial score (nSPS) is 17.9. The Hall–Kier alpha value is -1.44. The molecule has 1 aromatic rings. The van der Waals surface area contributed by atoms with Crippen LogP contribution in [-0.2, 0) is 14.6 Å². The Morgan fingerprint density at radius 1 is 1.27 bits per heavy atom. The van der Waals surface area contributed by atoms with E-state index in [4.69, 9.17) is 4.74 Å². The van der Waals surface area contributed by atoms with E-state index in [1.807, 2.05) is 6.92 Å². The van der Waals surface area contributed by atoms with Crippen molar-refractivity contribution >= 4 is 15.7 Å². The second-order valence-electron chi connectivity index (χ2n) is 5.58. The molecule has 0 aliphatic carbocycles. The van der Waals surface area contributed by atoms with E-state index >= 15 is 0 Å². The molecular formula is C15H22N2O4S. The summed E-state index contributed by atoms with van der Waals surface area (Å²) >= 11 is 0. The number of hydrogen-bond acceptors (Lipinski definition) is 5. The number of carbonyl (C=O) groups is 1. The van der Waals surface area contributed by atoms with Crippen LogP contribution < -0.4 is 5.32 Å². The molecular weight excluding hydrogens is 304 g/mol. The monoisotopic (exact) mass is 326 g/mol. The molecule has 0 unspecified atom stereocenters. The number of nitrogens with zero attached hydrogens (tertiary/aromatic N) is 1. The van der Waals surface area contributed by atoms with Gasteiger partial charge in [0.25, 0.3) is 5.91 Å². The van der Waals surface area contributed by atoms with Crippen LogP contribution in [0.25, 0.3) is 0 Å². The first kappa shape index (κ1) is 16.9. The number of carbonyl (C=O) groups excluding carboxylic acids is 1. The number of nitrogens with one attached hydrogen (secondary N) is 1. The lowest BCUT2D eigenvalue weighted by Crippen LogP contribution is -2.46. The third-order valence-corrected chi connectivity index (χ3v) is 4.69. The Bertz CT molecular complexity index is 607. The minimum Gasteiger partial charge on any atom is -0.379 e. The van der Waals surface area contributed by atoms with Gasteiger partial charge >= 0.3 is 0 Å². The Labute approximate surface area is 131 Å². The zero-order valence-corrected chi connectivity index (χ0v) is 13.7. The highest BCUT2D eigenvalue weighted by Crippen LogP contribution is 2.10. The molecule has 1 heterocycles. The third kappa shape index (κ3) is 4.79. The summed E-state index contributed by atoms with van der Waals surface area (Å²) in [4.78, 5) is 14.6. The molecule has 0 bridgehead atoms. The molecule has 1 aliphatic heterocycles. The molecule has 1 aliphatic rings. The van der Waals surface area contributed by atoms with Gasteiger partial charge in [-0.3, -0.25) is 9.69 Å². The van der Waals surface area contributed by atoms with E-state index in [2.05, 4.69) is 10.2 Å². The van der Waals surface area contributed by atoms with Crippen molar-refractivity contribution in [2.24, 2.45) is 0 Å². The quantitative estimate of drug-likeness (QED) is 0.855. The summed E-state index contributed by atoms with van der Waals surface area (Å²) in [7, 11) is -3.24. The molecule has 2 rings (SSSR count). The summed E-state index contributed by atoms with van der Waals surface area (Å²) < 4.78 is 28.1. The highest BCUT2D eigenvalue weighted by molar-refractivity contribution is 7.90. The topological polar surface area (TPSA) is 75.7 Å². The maximum Gasteiger partial charge on any atom is 0.251 e. The average molecular weight is 326 g/mol. The van der Waals surface area contributed by atoms with Gasteiger partial charge in [-0.15, -0.1) is 0 Å². The van der Waals surface area contributed by atoms with E-state index in [1.165, 1.54) is 24.3 Å². The first-order valence-electron chi connectivity index (χ1n) is 7.27. The summed E-state index contributed by atoms with van der Waals surface area (Å²) in [5.41, 5.74) is 0.459. The largest absolute Gasteiger partial charge is 0.379 e. The summed E-state index contributed by atoms with van der Waals surface area (Å²) in [6.45, 7) is 5.95. The number of ether oxygens (including phenoxy) is 1. The highest BCUT2D eigenvalue weighted by atomic mass is 32.2. The van der Waals surface area contributed by atoms with Gasteiger partial charge in [0.05, 0.1) is 18.1 Å². The molecule has 1 amide bonds. The van der Waals surface area contributed by atoms with Gasteiger partial charge in [0, 0.05) is 37.5 Å². The fraction of sp³-hybridized carbons (Fsp3) is 0.533. The highest BCUT2D eigenvalue weighted by Gasteiger charge is 2.16. The van der Waals surface area contributed by atoms with E-state index < -0.39 is 9.84 Å². The Morgan fingerprint density at radius 3 is 2.41 bits per heavy atom. The van der Waals surface area contributed by atoms with Crippen molar-refractivity contribution < 1.29 is 17.9 Å². The van der Waals surface area contributed by atoms with Gasteiger partial charge in [0.15, 0.2) is 9.84 Å². The van der Waals surface area contributed by atoms with Gasteiger partial charge in [0.1, 0.15) is 0 Å². The van der Waals surface area contributed by atoms with Crippen LogP contribution in [0.4, 0.5) is 0 Å². The zero-order chi connectivity index (χ0) is 16.2. The van der Waals surface area contributed by atoms with Crippen LogP contribution in [-0.4, -0.2) is 64.4 Å². The first-order chi connectivity index (χ1) is 10.4. The average Bonchev–Trinajstić information content (AvgIpc) is 2.47. The Morgan fingerprint density at radius 2 is 1.86 bits per heavy atom. The van der Waals surface area contributed by atoms with E-state index in [-0.39, 0.29) is 16.8 Å². The number of sulfone groups is 1. The van der Waals surface area contributed by atoms with Crippen molar-refractivity contribution in [3.8, 4) is 0 Å². The second kappa shape index (κ2) is 7.21. The smallest absolute Gasteiger partial charge is 0.251 e. The van der Waals surface area contributed by atoms with Gasteiger partial charge in [-0.25, -0.2) is 8.42 Å². The van der Waals surface area contributed by atoms with Crippen molar-refractivity contribution in [3.63, 3.8) is 0 Å². The first-order valence-corrected chi connectivity index (χ1v) is 9.16. The van der Waals surface area contributed by atoms with Crippen molar-refractivity contribution in [2.75, 3.05) is 39.1 Å². The molecule has 1 atom stereocenters. The lowest BCUT2D eigenvalue weighted by Gasteiger charge is -2.29. The van der Waals surface area contributed by atoms with Gasteiger partial charge in [-0.1, -0.05) is 0 Å². The minimum atomic E-state index is -3.24. The van der Waals surface area contributed by atoms with Gasteiger partial charge in [-0.2, -0.15) is 0 Å². The molecule has 1 saturated heterocycles. The summed E-state index contributed by atoms with van der Waals surface area (Å²) in [6, 6.07) is 5.99. The second-order valence-corrected chi connectivity index (χ2v) is 7.60. The number of benzene rings is 1. The van der Waals surface area contributed by atoms with Crippen LogP contribution >= 0.6 is 0 Å². The fourth-order valence-corrected chi connectivity index (χ4v) is 3.01. The van der Waals surface area contributed by atoms with Crippen molar-refractivity contribution in [1.29, 1.82) is 0 Å². The van der Waals surface area contributed by atoms with Crippen molar-refractivity contribution in [2.45, 2.75) is 17.9 Å². The molecule has 122 valence electrons. The van der Waals surface area contributed by atoms with Crippen molar-refractivity contribution in [3.05, 3.63) is 29.8 Å². The van der Waals surface area contributed by atoms with Crippen LogP contribution in [0.1, 0.15) is 17.3 Å². The predicted octanol–water partition coefficient (Wildman–Crippen LogP) is 0.541. The molecule has 0 saturated carbocycles. The number of rotatable bonds is 5. The zero-order valence-electron chi connectivity index (χ0n) is 12.9. The van der Waals surface area contributed by atoms with Crippen LogP contribution in [0.5, 0.6) is 0 Å². The minimum absolute atomic E-state index is 0.0141. The maximum absolute atomic E-state index is 12.2. The lowest BCUT2D eigenvalue weighted by molar-refractivity contribution is 0.0342. The van der Waals surface area contributed by atoms with Gasteiger partial charge in [0.2, 0.25) is 0 Å². The molecule has 0 radical (unpaired) electrons. The molecule has 0 aromatic heterocycles. The maximum atomic E-state index is 12.2. The van der Waals surface area contributed by atoms with Gasteiger partial charge < -0.3 is 10.1 Å². The van der Waals surface area contributed by atoms with Crippen LogP contribution in [0, 0.1) is 0 Å². The molecule has 7 heteroatoms. The number of amides is 1. The van der Waals surface area contributed by atoms with E-state index in [1.54, 1.807) is 0 Å².